The quantitative estimate of drug-likeness (QED) is 0.388. The zero-order valence-electron chi connectivity index (χ0n) is 5.02. The van der Waals surface area contributed by atoms with Crippen molar-refractivity contribution in [3.05, 3.63) is 0 Å². The zero-order chi connectivity index (χ0) is 5.11. The molecule has 0 spiro atoms. The van der Waals surface area contributed by atoms with E-state index in [1.54, 1.807) is 0 Å². The first-order valence-corrected chi connectivity index (χ1v) is 3.52. The van der Waals surface area contributed by atoms with Crippen LogP contribution < -0.4 is 0 Å². The van der Waals surface area contributed by atoms with Crippen LogP contribution in [0.25, 0.3) is 0 Å². The van der Waals surface area contributed by atoms with Gasteiger partial charge in [0, 0.05) is 21.7 Å². The van der Waals surface area contributed by atoms with Gasteiger partial charge in [-0.25, -0.2) is 0 Å². The summed E-state index contributed by atoms with van der Waals surface area (Å²) in [4.78, 5) is 0. The molecular weight excluding hydrogens is 152 g/mol. The first-order valence-electron chi connectivity index (χ1n) is 3.05. The first-order chi connectivity index (χ1) is 3.39. The molecule has 46 valence electrons. The van der Waals surface area contributed by atoms with E-state index >= 15 is 0 Å². The summed E-state index contributed by atoms with van der Waals surface area (Å²) in [6.45, 7) is 0. The topological polar surface area (TPSA) is 0 Å². The van der Waals surface area contributed by atoms with Gasteiger partial charge in [0.05, 0.1) is 0 Å². The van der Waals surface area contributed by atoms with Crippen LogP contribution in [0.1, 0.15) is 32.1 Å². The molecule has 1 rings (SSSR count). The van der Waals surface area contributed by atoms with Gasteiger partial charge in [-0.05, 0) is 0 Å². The molecule has 1 aliphatic carbocycles. The zero-order valence-corrected chi connectivity index (χ0v) is 7.40. The number of rotatable bonds is 0. The van der Waals surface area contributed by atoms with Gasteiger partial charge in [-0.15, -0.1) is 0 Å². The van der Waals surface area contributed by atoms with E-state index in [4.69, 9.17) is 12.6 Å². The van der Waals surface area contributed by atoms with Crippen LogP contribution in [0, 0.1) is 0 Å². The fraction of sp³-hybridized carbons (Fsp3) is 1.00. The van der Waals surface area contributed by atoms with E-state index in [9.17, 15) is 0 Å². The molecule has 0 aromatic carbocycles. The van der Waals surface area contributed by atoms with E-state index in [0.717, 1.165) is 0 Å². The average Bonchev–Trinajstić information content (AvgIpc) is 1.69. The van der Waals surface area contributed by atoms with Crippen LogP contribution in [0.3, 0.4) is 0 Å². The Morgan fingerprint density at radius 1 is 1.00 bits per heavy atom. The molecule has 1 saturated carbocycles. The van der Waals surface area contributed by atoms with Gasteiger partial charge in [0.1, 0.15) is 0 Å². The Balaban J connectivity index is 0.000000490. The Kier molecular flexibility index (Phi) is 5.55. The van der Waals surface area contributed by atoms with Gasteiger partial charge < -0.3 is 12.6 Å². The van der Waals surface area contributed by atoms with Gasteiger partial charge in [-0.3, -0.25) is 0 Å². The molecule has 1 fully saturated rings. The Bertz CT molecular complexity index is 50.5. The second-order valence-electron chi connectivity index (χ2n) is 2.26. The monoisotopic (exact) mass is 163 g/mol. The third-order valence-corrected chi connectivity index (χ3v) is 2.02. The summed E-state index contributed by atoms with van der Waals surface area (Å²) in [6.07, 6.45) is 6.79. The van der Waals surface area contributed by atoms with Crippen LogP contribution in [-0.2, 0) is 34.3 Å². The van der Waals surface area contributed by atoms with E-state index < -0.39 is 0 Å². The minimum atomic E-state index is 0. The molecular formula is C6H11STi-. The van der Waals surface area contributed by atoms with Crippen molar-refractivity contribution < 1.29 is 21.7 Å². The van der Waals surface area contributed by atoms with Crippen LogP contribution in [-0.4, -0.2) is 5.25 Å². The molecule has 0 N–H and O–H groups in total. The molecule has 1 aliphatic rings. The summed E-state index contributed by atoms with van der Waals surface area (Å²) in [7, 11) is 0. The molecule has 0 aromatic heterocycles. The van der Waals surface area contributed by atoms with Crippen molar-refractivity contribution >= 4 is 12.6 Å². The van der Waals surface area contributed by atoms with Gasteiger partial charge >= 0.3 is 0 Å². The standard InChI is InChI=1S/C6H12S.Ti/c7-6-4-2-1-3-5-6;/h6-7H,1-5H2;/p-1. The molecule has 0 aromatic rings. The van der Waals surface area contributed by atoms with Crippen molar-refractivity contribution in [2.75, 3.05) is 0 Å². The van der Waals surface area contributed by atoms with Gasteiger partial charge in [0.25, 0.3) is 0 Å². The summed E-state index contributed by atoms with van der Waals surface area (Å²) in [5.41, 5.74) is 0. The van der Waals surface area contributed by atoms with Crippen molar-refractivity contribution in [2.24, 2.45) is 0 Å². The normalized spacial score (nSPS) is 22.1. The van der Waals surface area contributed by atoms with Crippen molar-refractivity contribution in [1.29, 1.82) is 0 Å². The van der Waals surface area contributed by atoms with Gasteiger partial charge in [-0.1, -0.05) is 32.1 Å². The number of hydrogen-bond acceptors (Lipinski definition) is 1. The molecule has 0 unspecified atom stereocenters. The average molecular weight is 163 g/mol. The van der Waals surface area contributed by atoms with Crippen molar-refractivity contribution in [3.8, 4) is 0 Å². The predicted molar refractivity (Wildman–Crippen MR) is 34.2 cm³/mol. The molecule has 0 atom stereocenters. The van der Waals surface area contributed by atoms with Gasteiger partial charge in [-0.2, -0.15) is 5.25 Å². The second-order valence-corrected chi connectivity index (χ2v) is 2.93. The minimum absolute atomic E-state index is 0. The maximum Gasteiger partial charge on any atom is 0 e. The smallest absolute Gasteiger partial charge is 0 e. The molecule has 2 heteroatoms. The fourth-order valence-corrected chi connectivity index (χ4v) is 1.40. The van der Waals surface area contributed by atoms with Crippen molar-refractivity contribution in [3.63, 3.8) is 0 Å². The predicted octanol–water partition coefficient (Wildman–Crippen LogP) is 1.86. The van der Waals surface area contributed by atoms with E-state index in [2.05, 4.69) is 0 Å². The Hall–Kier alpha value is 1.06. The number of hydrogen-bond donors (Lipinski definition) is 0. The largest absolute Gasteiger partial charge is 0.789 e. The summed E-state index contributed by atoms with van der Waals surface area (Å²) in [5, 5.41) is 0.619. The van der Waals surface area contributed by atoms with E-state index in [1.807, 2.05) is 0 Å². The molecule has 0 heterocycles. The van der Waals surface area contributed by atoms with E-state index in [0.29, 0.717) is 5.25 Å². The van der Waals surface area contributed by atoms with Crippen LogP contribution in [0.4, 0.5) is 0 Å². The van der Waals surface area contributed by atoms with E-state index in [1.165, 1.54) is 32.1 Å². The molecule has 0 nitrogen and oxygen atoms in total. The van der Waals surface area contributed by atoms with Crippen molar-refractivity contribution in [1.82, 2.24) is 0 Å². The van der Waals surface area contributed by atoms with Crippen LogP contribution in [0.5, 0.6) is 0 Å². The SMILES string of the molecule is [S-]C1CCCCC1.[Ti]. The summed E-state index contributed by atoms with van der Waals surface area (Å²) in [6, 6.07) is 0. The molecule has 0 saturated heterocycles. The third-order valence-electron chi connectivity index (χ3n) is 1.55. The van der Waals surface area contributed by atoms with E-state index in [-0.39, 0.29) is 21.7 Å². The minimum Gasteiger partial charge on any atom is -0.789 e. The summed E-state index contributed by atoms with van der Waals surface area (Å²) >= 11 is 5.09. The molecule has 0 radical (unpaired) electrons. The Morgan fingerprint density at radius 2 is 1.50 bits per heavy atom. The molecule has 8 heavy (non-hydrogen) atoms. The van der Waals surface area contributed by atoms with Crippen LogP contribution in [0.15, 0.2) is 0 Å². The van der Waals surface area contributed by atoms with Crippen LogP contribution >= 0.6 is 0 Å². The third kappa shape index (κ3) is 3.16. The van der Waals surface area contributed by atoms with Crippen molar-refractivity contribution in [2.45, 2.75) is 37.4 Å². The maximum atomic E-state index is 5.09. The summed E-state index contributed by atoms with van der Waals surface area (Å²) < 4.78 is 0. The Morgan fingerprint density at radius 3 is 1.75 bits per heavy atom. The molecule has 0 bridgehead atoms. The molecule has 0 amide bonds. The maximum absolute atomic E-state index is 5.09. The van der Waals surface area contributed by atoms with Crippen LogP contribution in [0.2, 0.25) is 0 Å². The van der Waals surface area contributed by atoms with Gasteiger partial charge in [0.2, 0.25) is 0 Å². The first kappa shape index (κ1) is 9.06. The fourth-order valence-electron chi connectivity index (χ4n) is 1.07. The summed E-state index contributed by atoms with van der Waals surface area (Å²) in [5.74, 6) is 0. The Labute approximate surface area is 71.7 Å². The molecule has 0 aliphatic heterocycles. The van der Waals surface area contributed by atoms with Gasteiger partial charge in [0.15, 0.2) is 0 Å². The second kappa shape index (κ2) is 4.90.